The molecule has 0 radical (unpaired) electrons. The molecule has 0 amide bonds. The third-order valence-electron chi connectivity index (χ3n) is 8.16. The van der Waals surface area contributed by atoms with Crippen LogP contribution in [0, 0.1) is 0 Å². The van der Waals surface area contributed by atoms with Gasteiger partial charge in [0.05, 0.1) is 27.9 Å². The molecule has 3 heterocycles. The normalized spacial score (nSPS) is 11.9. The predicted octanol–water partition coefficient (Wildman–Crippen LogP) is 9.10. The zero-order valence-electron chi connectivity index (χ0n) is 22.0. The van der Waals surface area contributed by atoms with E-state index in [4.69, 9.17) is 15.0 Å². The highest BCUT2D eigenvalue weighted by Crippen LogP contribution is 2.46. The van der Waals surface area contributed by atoms with Crippen molar-refractivity contribution in [1.82, 2.24) is 19.5 Å². The molecule has 0 fully saturated rings. The molecule has 4 nitrogen and oxygen atoms in total. The van der Waals surface area contributed by atoms with Crippen molar-refractivity contribution in [1.29, 1.82) is 0 Å². The van der Waals surface area contributed by atoms with E-state index >= 15 is 0 Å². The second-order valence-electron chi connectivity index (χ2n) is 10.5. The summed E-state index contributed by atoms with van der Waals surface area (Å²) in [4.78, 5) is 15.1. The summed E-state index contributed by atoms with van der Waals surface area (Å²) >= 11 is 0. The summed E-state index contributed by atoms with van der Waals surface area (Å²) in [6.07, 6.45) is 0. The predicted molar refractivity (Wildman–Crippen MR) is 167 cm³/mol. The maximum absolute atomic E-state index is 5.10. The topological polar surface area (TPSA) is 43.6 Å². The van der Waals surface area contributed by atoms with Crippen molar-refractivity contribution in [3.63, 3.8) is 0 Å². The van der Waals surface area contributed by atoms with Crippen molar-refractivity contribution in [3.05, 3.63) is 133 Å². The van der Waals surface area contributed by atoms with Crippen LogP contribution in [0.1, 0.15) is 0 Å². The number of aromatic nitrogens is 4. The first-order valence-corrected chi connectivity index (χ1v) is 13.8. The molecule has 9 rings (SSSR count). The van der Waals surface area contributed by atoms with Crippen molar-refractivity contribution in [2.45, 2.75) is 0 Å². The average Bonchev–Trinajstić information content (AvgIpc) is 3.55. The monoisotopic (exact) mass is 522 g/mol. The first-order valence-electron chi connectivity index (χ1n) is 13.8. The Morgan fingerprint density at radius 1 is 0.463 bits per heavy atom. The molecule has 1 aliphatic rings. The number of benzene rings is 5. The lowest BCUT2D eigenvalue weighted by Crippen LogP contribution is -1.96. The van der Waals surface area contributed by atoms with Crippen LogP contribution in [0.3, 0.4) is 0 Å². The standard InChI is InChI=1S/C37H22N4/c1-2-10-24(11-3-1)41-33-19-7-6-13-26(33)27-21-20-23(22-34(27)41)30-16-9-18-32(38-30)37-39-31-17-8-15-28-25-12-4-5-14-29(25)36(40-37)35(28)31/h1-22H. The number of nitrogens with zero attached hydrogens (tertiary/aromatic N) is 4. The number of pyridine rings is 1. The zero-order chi connectivity index (χ0) is 26.9. The van der Waals surface area contributed by atoms with E-state index in [9.17, 15) is 0 Å². The Morgan fingerprint density at radius 3 is 2.12 bits per heavy atom. The molecular formula is C37H22N4. The van der Waals surface area contributed by atoms with Crippen molar-refractivity contribution in [2.75, 3.05) is 0 Å². The van der Waals surface area contributed by atoms with Gasteiger partial charge in [0.15, 0.2) is 5.82 Å². The maximum Gasteiger partial charge on any atom is 0.179 e. The summed E-state index contributed by atoms with van der Waals surface area (Å²) < 4.78 is 2.33. The molecule has 4 heteroatoms. The lowest BCUT2D eigenvalue weighted by atomic mass is 10.1. The molecule has 0 N–H and O–H groups in total. The van der Waals surface area contributed by atoms with Crippen molar-refractivity contribution >= 4 is 32.7 Å². The van der Waals surface area contributed by atoms with Crippen molar-refractivity contribution in [2.24, 2.45) is 0 Å². The van der Waals surface area contributed by atoms with E-state index in [1.165, 1.54) is 27.4 Å². The van der Waals surface area contributed by atoms with Crippen LogP contribution in [0.15, 0.2) is 133 Å². The summed E-state index contributed by atoms with van der Waals surface area (Å²) in [6.45, 7) is 0. The second kappa shape index (κ2) is 8.44. The summed E-state index contributed by atoms with van der Waals surface area (Å²) in [7, 11) is 0. The molecule has 0 unspecified atom stereocenters. The number of hydrogen-bond donors (Lipinski definition) is 0. The fraction of sp³-hybridized carbons (Fsp3) is 0. The largest absolute Gasteiger partial charge is 0.309 e. The highest BCUT2D eigenvalue weighted by atomic mass is 15.0. The van der Waals surface area contributed by atoms with Crippen LogP contribution in [-0.4, -0.2) is 19.5 Å². The molecule has 0 saturated carbocycles. The van der Waals surface area contributed by atoms with Gasteiger partial charge in [-0.1, -0.05) is 91.0 Å². The Morgan fingerprint density at radius 2 is 1.20 bits per heavy atom. The van der Waals surface area contributed by atoms with Gasteiger partial charge in [-0.3, -0.25) is 0 Å². The first kappa shape index (κ1) is 22.2. The molecule has 0 spiro atoms. The minimum Gasteiger partial charge on any atom is -0.309 e. The van der Waals surface area contributed by atoms with Crippen LogP contribution >= 0.6 is 0 Å². The van der Waals surface area contributed by atoms with Crippen LogP contribution in [0.5, 0.6) is 0 Å². The van der Waals surface area contributed by atoms with E-state index in [0.29, 0.717) is 5.82 Å². The highest BCUT2D eigenvalue weighted by molar-refractivity contribution is 6.13. The quantitative estimate of drug-likeness (QED) is 0.232. The number of hydrogen-bond acceptors (Lipinski definition) is 3. The van der Waals surface area contributed by atoms with E-state index in [0.717, 1.165) is 50.3 Å². The van der Waals surface area contributed by atoms with Gasteiger partial charge in [0.1, 0.15) is 5.69 Å². The van der Waals surface area contributed by atoms with E-state index in [2.05, 4.69) is 126 Å². The van der Waals surface area contributed by atoms with Crippen LogP contribution in [0.25, 0.3) is 83.6 Å². The van der Waals surface area contributed by atoms with Crippen molar-refractivity contribution < 1.29 is 0 Å². The Bertz CT molecular complexity index is 2320. The van der Waals surface area contributed by atoms with E-state index in [1.807, 2.05) is 12.1 Å². The highest BCUT2D eigenvalue weighted by Gasteiger charge is 2.24. The molecule has 5 aromatic carbocycles. The molecule has 8 aromatic rings. The smallest absolute Gasteiger partial charge is 0.179 e. The second-order valence-corrected chi connectivity index (χ2v) is 10.5. The van der Waals surface area contributed by atoms with Crippen molar-refractivity contribution in [3.8, 4) is 50.8 Å². The molecule has 190 valence electrons. The maximum atomic E-state index is 5.10. The van der Waals surface area contributed by atoms with Gasteiger partial charge in [0.25, 0.3) is 0 Å². The van der Waals surface area contributed by atoms with Gasteiger partial charge in [-0.25, -0.2) is 15.0 Å². The number of fused-ring (bicyclic) bond motifs is 6. The Labute approximate surface area is 236 Å². The van der Waals surface area contributed by atoms with Gasteiger partial charge in [-0.15, -0.1) is 0 Å². The molecule has 0 bridgehead atoms. The summed E-state index contributed by atoms with van der Waals surface area (Å²) in [5.41, 5.74) is 11.7. The van der Waals surface area contributed by atoms with Gasteiger partial charge in [-0.2, -0.15) is 0 Å². The fourth-order valence-electron chi connectivity index (χ4n) is 6.35. The SMILES string of the molecule is c1ccc(-n2c3ccccc3c3ccc(-c4cccc(-c5nc6c7c(cccc7n5)-c5ccccc5-6)n4)cc32)cc1. The van der Waals surface area contributed by atoms with Crippen LogP contribution in [0.2, 0.25) is 0 Å². The fourth-order valence-corrected chi connectivity index (χ4v) is 6.35. The molecule has 0 saturated heterocycles. The summed E-state index contributed by atoms with van der Waals surface area (Å²) in [6, 6.07) is 46.6. The molecule has 3 aromatic heterocycles. The summed E-state index contributed by atoms with van der Waals surface area (Å²) in [5, 5.41) is 3.58. The third kappa shape index (κ3) is 3.25. The lowest BCUT2D eigenvalue weighted by molar-refractivity contribution is 1.17. The number of para-hydroxylation sites is 2. The van der Waals surface area contributed by atoms with Gasteiger partial charge in [-0.05, 0) is 53.6 Å². The number of rotatable bonds is 3. The zero-order valence-corrected chi connectivity index (χ0v) is 22.0. The van der Waals surface area contributed by atoms with Gasteiger partial charge in [0, 0.05) is 33.0 Å². The molecule has 0 atom stereocenters. The third-order valence-corrected chi connectivity index (χ3v) is 8.16. The van der Waals surface area contributed by atoms with Crippen LogP contribution < -0.4 is 0 Å². The van der Waals surface area contributed by atoms with Gasteiger partial charge < -0.3 is 4.57 Å². The minimum absolute atomic E-state index is 0.641. The lowest BCUT2D eigenvalue weighted by Gasteiger charge is -2.09. The minimum atomic E-state index is 0.641. The molecule has 41 heavy (non-hydrogen) atoms. The molecule has 0 aliphatic heterocycles. The molecule has 1 aliphatic carbocycles. The molecular weight excluding hydrogens is 500 g/mol. The van der Waals surface area contributed by atoms with E-state index < -0.39 is 0 Å². The Kier molecular flexibility index (Phi) is 4.58. The van der Waals surface area contributed by atoms with Crippen LogP contribution in [-0.2, 0) is 0 Å². The van der Waals surface area contributed by atoms with E-state index in [1.54, 1.807) is 0 Å². The Balaban J connectivity index is 1.22. The first-order chi connectivity index (χ1) is 20.3. The average molecular weight is 523 g/mol. The van der Waals surface area contributed by atoms with Gasteiger partial charge >= 0.3 is 0 Å². The van der Waals surface area contributed by atoms with Gasteiger partial charge in [0.2, 0.25) is 0 Å². The van der Waals surface area contributed by atoms with E-state index in [-0.39, 0.29) is 0 Å². The summed E-state index contributed by atoms with van der Waals surface area (Å²) in [5.74, 6) is 0.641. The Hall–Kier alpha value is -5.61. The van der Waals surface area contributed by atoms with Crippen LogP contribution in [0.4, 0.5) is 0 Å².